The van der Waals surface area contributed by atoms with Crippen LogP contribution in [0.5, 0.6) is 0 Å². The van der Waals surface area contributed by atoms with Crippen molar-refractivity contribution >= 4 is 45.1 Å². The van der Waals surface area contributed by atoms with E-state index in [0.29, 0.717) is 0 Å². The molecule has 190 valence electrons. The second-order valence-electron chi connectivity index (χ2n) is 9.06. The number of benzene rings is 4. The molecule has 0 aliphatic carbocycles. The van der Waals surface area contributed by atoms with Crippen molar-refractivity contribution in [2.24, 2.45) is 0 Å². The lowest BCUT2D eigenvalue weighted by atomic mass is 9.85. The minimum Gasteiger partial charge on any atom is -0.372 e. The third kappa shape index (κ3) is 6.27. The number of halogens is 1. The highest BCUT2D eigenvalue weighted by atomic mass is 127. The molecule has 0 bridgehead atoms. The van der Waals surface area contributed by atoms with Gasteiger partial charge in [-0.2, -0.15) is 0 Å². The number of nitrogens with zero attached hydrogens (tertiary/aromatic N) is 2. The molecular weight excluding hydrogens is 563 g/mol. The van der Waals surface area contributed by atoms with E-state index in [1.807, 2.05) is 0 Å². The Kier molecular flexibility index (Phi) is 9.45. The first-order chi connectivity index (χ1) is 18.1. The molecule has 0 aromatic heterocycles. The Labute approximate surface area is 236 Å². The van der Waals surface area contributed by atoms with Gasteiger partial charge in [-0.3, -0.25) is 0 Å². The van der Waals surface area contributed by atoms with Gasteiger partial charge in [0, 0.05) is 41.1 Å². The van der Waals surface area contributed by atoms with Crippen LogP contribution in [-0.4, -0.2) is 26.2 Å². The molecule has 4 rings (SSSR count). The maximum atomic E-state index is 2.39. The average Bonchev–Trinajstić information content (AvgIpc) is 2.95. The predicted molar refractivity (Wildman–Crippen MR) is 171 cm³/mol. The zero-order valence-corrected chi connectivity index (χ0v) is 24.6. The summed E-state index contributed by atoms with van der Waals surface area (Å²) >= 11 is 2.39. The maximum Gasteiger partial charge on any atom is 0.0366 e. The minimum absolute atomic E-state index is 1.00. The molecule has 0 saturated carbocycles. The van der Waals surface area contributed by atoms with Gasteiger partial charge in [-0.25, -0.2) is 0 Å². The van der Waals surface area contributed by atoms with Gasteiger partial charge in [-0.05, 0) is 120 Å². The monoisotopic (exact) mass is 600 g/mol. The molecule has 0 unspecified atom stereocenters. The molecule has 4 aromatic carbocycles. The Morgan fingerprint density at radius 1 is 0.459 bits per heavy atom. The predicted octanol–water partition coefficient (Wildman–Crippen LogP) is 8.99. The molecule has 3 heteroatoms. The van der Waals surface area contributed by atoms with Crippen LogP contribution in [0, 0.1) is 3.57 Å². The lowest BCUT2D eigenvalue weighted by Crippen LogP contribution is -2.21. The first-order valence-electron chi connectivity index (χ1n) is 13.4. The van der Waals surface area contributed by atoms with Crippen LogP contribution < -0.4 is 9.80 Å². The summed E-state index contributed by atoms with van der Waals surface area (Å²) in [6.07, 6.45) is 0. The largest absolute Gasteiger partial charge is 0.372 e. The van der Waals surface area contributed by atoms with E-state index in [9.17, 15) is 0 Å². The molecule has 0 atom stereocenters. The molecule has 0 heterocycles. The lowest BCUT2D eigenvalue weighted by molar-refractivity contribution is 0.866. The number of rotatable bonds is 10. The number of hydrogen-bond donors (Lipinski definition) is 0. The van der Waals surface area contributed by atoms with E-state index in [2.05, 4.69) is 163 Å². The fourth-order valence-electron chi connectivity index (χ4n) is 4.99. The van der Waals surface area contributed by atoms with Crippen molar-refractivity contribution in [3.05, 3.63) is 129 Å². The molecule has 0 N–H and O–H groups in total. The van der Waals surface area contributed by atoms with E-state index in [-0.39, 0.29) is 0 Å². The molecule has 0 aliphatic rings. The highest BCUT2D eigenvalue weighted by Gasteiger charge is 2.17. The Bertz CT molecular complexity index is 1280. The molecule has 0 spiro atoms. The van der Waals surface area contributed by atoms with Crippen LogP contribution >= 0.6 is 22.6 Å². The quantitative estimate of drug-likeness (QED) is 0.132. The van der Waals surface area contributed by atoms with Crippen molar-refractivity contribution in [2.75, 3.05) is 36.0 Å². The van der Waals surface area contributed by atoms with Crippen molar-refractivity contribution in [1.82, 2.24) is 0 Å². The molecular formula is C34H37IN2. The Morgan fingerprint density at radius 2 is 0.784 bits per heavy atom. The minimum atomic E-state index is 1.00. The van der Waals surface area contributed by atoms with Crippen LogP contribution in [0.25, 0.3) is 11.1 Å². The smallest absolute Gasteiger partial charge is 0.0366 e. The van der Waals surface area contributed by atoms with E-state index in [4.69, 9.17) is 0 Å². The van der Waals surface area contributed by atoms with Gasteiger partial charge >= 0.3 is 0 Å². The van der Waals surface area contributed by atoms with Crippen LogP contribution in [0.4, 0.5) is 11.4 Å². The highest BCUT2D eigenvalue weighted by Crippen LogP contribution is 2.38. The summed E-state index contributed by atoms with van der Waals surface area (Å²) < 4.78 is 1.24. The molecule has 0 fully saturated rings. The zero-order valence-electron chi connectivity index (χ0n) is 22.4. The van der Waals surface area contributed by atoms with E-state index in [0.717, 1.165) is 26.2 Å². The van der Waals surface area contributed by atoms with E-state index in [1.165, 1.54) is 48.3 Å². The molecule has 2 nitrogen and oxygen atoms in total. The van der Waals surface area contributed by atoms with E-state index < -0.39 is 0 Å². The van der Waals surface area contributed by atoms with Crippen molar-refractivity contribution in [3.63, 3.8) is 0 Å². The average molecular weight is 601 g/mol. The summed E-state index contributed by atoms with van der Waals surface area (Å²) in [7, 11) is 0. The summed E-state index contributed by atoms with van der Waals surface area (Å²) in [6, 6.07) is 37.9. The first kappa shape index (κ1) is 27.0. The van der Waals surface area contributed by atoms with Crippen molar-refractivity contribution in [1.29, 1.82) is 0 Å². The van der Waals surface area contributed by atoms with Gasteiger partial charge in [0.15, 0.2) is 0 Å². The third-order valence-corrected chi connectivity index (χ3v) is 7.73. The lowest BCUT2D eigenvalue weighted by Gasteiger charge is -2.23. The standard InChI is InChI=1S/C34H37IN2/c1-5-36(6-2)31-22-16-28(17-23-31)33(26-12-10-9-11-13-26)34(27-14-20-30(35)21-15-27)29-18-24-32(25-19-29)37(7-3)8-4/h9-25H,5-8H2,1-4H3/b34-33+. The summed E-state index contributed by atoms with van der Waals surface area (Å²) in [5, 5.41) is 0. The number of hydrogen-bond acceptors (Lipinski definition) is 2. The fraction of sp³-hybridized carbons (Fsp3) is 0.235. The molecule has 37 heavy (non-hydrogen) atoms. The van der Waals surface area contributed by atoms with E-state index in [1.54, 1.807) is 0 Å². The summed E-state index contributed by atoms with van der Waals surface area (Å²) in [5.74, 6) is 0. The number of anilines is 2. The SMILES string of the molecule is CCN(CC)c1ccc(/C(=C(\c2ccc(I)cc2)c2ccc(N(CC)CC)cc2)c2ccccc2)cc1. The van der Waals surface area contributed by atoms with Gasteiger partial charge in [0.2, 0.25) is 0 Å². The van der Waals surface area contributed by atoms with Crippen LogP contribution in [0.3, 0.4) is 0 Å². The van der Waals surface area contributed by atoms with Gasteiger partial charge in [-0.15, -0.1) is 0 Å². The Hall–Kier alpha value is -3.05. The molecule has 4 aromatic rings. The third-order valence-electron chi connectivity index (χ3n) is 7.01. The van der Waals surface area contributed by atoms with Crippen molar-refractivity contribution < 1.29 is 0 Å². The topological polar surface area (TPSA) is 6.48 Å². The summed E-state index contributed by atoms with van der Waals surface area (Å²) in [6.45, 7) is 12.9. The highest BCUT2D eigenvalue weighted by molar-refractivity contribution is 14.1. The molecule has 0 amide bonds. The van der Waals surface area contributed by atoms with E-state index >= 15 is 0 Å². The maximum absolute atomic E-state index is 2.39. The molecule has 0 aliphatic heterocycles. The summed E-state index contributed by atoms with van der Waals surface area (Å²) in [5.41, 5.74) is 9.93. The van der Waals surface area contributed by atoms with Gasteiger partial charge < -0.3 is 9.80 Å². The molecule has 0 radical (unpaired) electrons. The van der Waals surface area contributed by atoms with Crippen molar-refractivity contribution in [3.8, 4) is 0 Å². The second-order valence-corrected chi connectivity index (χ2v) is 10.3. The molecule has 0 saturated heterocycles. The van der Waals surface area contributed by atoms with Crippen LogP contribution in [0.2, 0.25) is 0 Å². The van der Waals surface area contributed by atoms with Crippen LogP contribution in [0.15, 0.2) is 103 Å². The summed E-state index contributed by atoms with van der Waals surface area (Å²) in [4.78, 5) is 4.78. The fourth-order valence-corrected chi connectivity index (χ4v) is 5.35. The Balaban J connectivity index is 1.97. The van der Waals surface area contributed by atoms with Gasteiger partial charge in [0.1, 0.15) is 0 Å². The van der Waals surface area contributed by atoms with Gasteiger partial charge in [-0.1, -0.05) is 66.7 Å². The second kappa shape index (κ2) is 13.0. The van der Waals surface area contributed by atoms with Crippen molar-refractivity contribution in [2.45, 2.75) is 27.7 Å². The normalized spacial score (nSPS) is 11.7. The van der Waals surface area contributed by atoms with Crippen LogP contribution in [-0.2, 0) is 0 Å². The van der Waals surface area contributed by atoms with Gasteiger partial charge in [0.05, 0.1) is 0 Å². The zero-order chi connectivity index (χ0) is 26.2. The van der Waals surface area contributed by atoms with Crippen LogP contribution in [0.1, 0.15) is 49.9 Å². The first-order valence-corrected chi connectivity index (χ1v) is 14.4. The Morgan fingerprint density at radius 3 is 1.14 bits per heavy atom. The van der Waals surface area contributed by atoms with Gasteiger partial charge in [0.25, 0.3) is 0 Å².